The number of amides is 2. The van der Waals surface area contributed by atoms with Gasteiger partial charge >= 0.3 is 6.18 Å². The summed E-state index contributed by atoms with van der Waals surface area (Å²) in [6.45, 7) is 0.174. The van der Waals surface area contributed by atoms with Crippen molar-refractivity contribution in [1.82, 2.24) is 9.88 Å². The van der Waals surface area contributed by atoms with Crippen LogP contribution in [0.4, 0.5) is 18.9 Å². The minimum atomic E-state index is -4.85. The molecule has 4 N–H and O–H groups in total. The van der Waals surface area contributed by atoms with Crippen LogP contribution in [0.5, 0.6) is 0 Å². The summed E-state index contributed by atoms with van der Waals surface area (Å²) >= 11 is 13.1. The van der Waals surface area contributed by atoms with E-state index in [1.54, 1.807) is 29.2 Å². The second-order valence-corrected chi connectivity index (χ2v) is 9.73. The molecule has 188 valence electrons. The van der Waals surface area contributed by atoms with E-state index >= 15 is 0 Å². The van der Waals surface area contributed by atoms with E-state index in [1.165, 1.54) is 17.0 Å². The number of hydrogen-bond acceptors (Lipinski definition) is 5. The molecule has 2 amide bonds. The standard InChI is InChI=1S/C23H17Cl2F3N4O3S/c24-14-2-1-3-15(25)20(14)36-16-7-17(23(26,27)28)31-21(34)19(16)22(35)32-9-11-4-5-13(6-12(11)10-32)30-8-18(29)33/h1-7,30H,8-10H2,(H2,29,33)(H,31,34). The molecule has 2 heterocycles. The summed E-state index contributed by atoms with van der Waals surface area (Å²) in [5.41, 5.74) is 4.36. The van der Waals surface area contributed by atoms with Crippen molar-refractivity contribution in [2.24, 2.45) is 5.73 Å². The summed E-state index contributed by atoms with van der Waals surface area (Å²) in [7, 11) is 0. The van der Waals surface area contributed by atoms with Crippen LogP contribution < -0.4 is 16.6 Å². The topological polar surface area (TPSA) is 108 Å². The van der Waals surface area contributed by atoms with Crippen molar-refractivity contribution < 1.29 is 22.8 Å². The molecule has 0 bridgehead atoms. The van der Waals surface area contributed by atoms with Crippen molar-refractivity contribution in [3.8, 4) is 0 Å². The smallest absolute Gasteiger partial charge is 0.376 e. The molecule has 0 aliphatic carbocycles. The SMILES string of the molecule is NC(=O)CNc1ccc2c(c1)CN(C(=O)c1c(Sc3c(Cl)cccc3Cl)cc(C(F)(F)F)[nH]c1=O)C2. The van der Waals surface area contributed by atoms with Crippen LogP contribution in [0.15, 0.2) is 57.1 Å². The van der Waals surface area contributed by atoms with Gasteiger partial charge in [0.15, 0.2) is 0 Å². The number of aromatic amines is 1. The zero-order valence-corrected chi connectivity index (χ0v) is 20.5. The minimum Gasteiger partial charge on any atom is -0.376 e. The number of nitrogens with one attached hydrogen (secondary N) is 2. The number of pyridine rings is 1. The first kappa shape index (κ1) is 25.9. The molecule has 1 aliphatic heterocycles. The lowest BCUT2D eigenvalue weighted by Crippen LogP contribution is -2.32. The van der Waals surface area contributed by atoms with Crippen LogP contribution in [-0.2, 0) is 24.1 Å². The van der Waals surface area contributed by atoms with Gasteiger partial charge in [-0.25, -0.2) is 0 Å². The van der Waals surface area contributed by atoms with Crippen LogP contribution in [0.25, 0.3) is 0 Å². The van der Waals surface area contributed by atoms with Crippen molar-refractivity contribution in [3.05, 3.63) is 85.2 Å². The molecule has 36 heavy (non-hydrogen) atoms. The number of alkyl halides is 3. The van der Waals surface area contributed by atoms with Gasteiger partial charge in [-0.2, -0.15) is 13.2 Å². The van der Waals surface area contributed by atoms with Gasteiger partial charge in [0.25, 0.3) is 11.5 Å². The molecule has 3 aromatic rings. The van der Waals surface area contributed by atoms with E-state index in [2.05, 4.69) is 5.32 Å². The number of nitrogens with zero attached hydrogens (tertiary/aromatic N) is 1. The fraction of sp³-hybridized carbons (Fsp3) is 0.174. The zero-order valence-electron chi connectivity index (χ0n) is 18.2. The summed E-state index contributed by atoms with van der Waals surface area (Å²) in [6, 6.07) is 10.5. The number of H-pyrrole nitrogens is 1. The van der Waals surface area contributed by atoms with Gasteiger partial charge in [-0.15, -0.1) is 0 Å². The van der Waals surface area contributed by atoms with E-state index in [0.717, 1.165) is 11.1 Å². The van der Waals surface area contributed by atoms with E-state index in [-0.39, 0.29) is 39.5 Å². The highest BCUT2D eigenvalue weighted by atomic mass is 35.5. The van der Waals surface area contributed by atoms with Crippen molar-refractivity contribution >= 4 is 52.5 Å². The third kappa shape index (κ3) is 5.48. The molecule has 0 saturated heterocycles. The number of benzene rings is 2. The first-order valence-electron chi connectivity index (χ1n) is 10.3. The van der Waals surface area contributed by atoms with Crippen LogP contribution in [0.2, 0.25) is 10.0 Å². The molecular weight excluding hydrogens is 540 g/mol. The van der Waals surface area contributed by atoms with E-state index in [0.29, 0.717) is 23.5 Å². The van der Waals surface area contributed by atoms with Gasteiger partial charge in [0.05, 0.1) is 16.6 Å². The Kier molecular flexibility index (Phi) is 7.26. The van der Waals surface area contributed by atoms with E-state index < -0.39 is 34.8 Å². The van der Waals surface area contributed by atoms with E-state index in [9.17, 15) is 27.6 Å². The van der Waals surface area contributed by atoms with Gasteiger partial charge in [-0.1, -0.05) is 47.1 Å². The highest BCUT2D eigenvalue weighted by Crippen LogP contribution is 2.41. The number of aromatic nitrogens is 1. The maximum Gasteiger partial charge on any atom is 0.431 e. The summed E-state index contributed by atoms with van der Waals surface area (Å²) in [5.74, 6) is -1.30. The van der Waals surface area contributed by atoms with Gasteiger partial charge < -0.3 is 20.9 Å². The second kappa shape index (κ2) is 10.1. The quantitative estimate of drug-likeness (QED) is 0.400. The van der Waals surface area contributed by atoms with Crippen molar-refractivity contribution in [2.75, 3.05) is 11.9 Å². The number of rotatable bonds is 6. The third-order valence-corrected chi connectivity index (χ3v) is 7.37. The normalized spacial score (nSPS) is 13.0. The molecule has 0 unspecified atom stereocenters. The average Bonchev–Trinajstić information content (AvgIpc) is 3.22. The molecule has 0 radical (unpaired) electrons. The summed E-state index contributed by atoms with van der Waals surface area (Å²) in [4.78, 5) is 40.4. The Morgan fingerprint density at radius 1 is 1.08 bits per heavy atom. The summed E-state index contributed by atoms with van der Waals surface area (Å²) in [6.07, 6.45) is -4.85. The Balaban J connectivity index is 1.70. The van der Waals surface area contributed by atoms with Crippen LogP contribution >= 0.6 is 35.0 Å². The number of carbonyl (C=O) groups excluding carboxylic acids is 2. The first-order chi connectivity index (χ1) is 16.9. The number of hydrogen-bond donors (Lipinski definition) is 3. The van der Waals surface area contributed by atoms with E-state index in [1.807, 2.05) is 0 Å². The number of nitrogens with two attached hydrogens (primary N) is 1. The Morgan fingerprint density at radius 2 is 1.75 bits per heavy atom. The Labute approximate surface area is 216 Å². The van der Waals surface area contributed by atoms with Crippen molar-refractivity contribution in [3.63, 3.8) is 0 Å². The molecule has 4 rings (SSSR count). The van der Waals surface area contributed by atoms with Crippen LogP contribution in [-0.4, -0.2) is 28.2 Å². The zero-order chi connectivity index (χ0) is 26.2. The fourth-order valence-electron chi connectivity index (χ4n) is 3.66. The number of anilines is 1. The molecule has 1 aliphatic rings. The lowest BCUT2D eigenvalue weighted by atomic mass is 10.1. The highest BCUT2D eigenvalue weighted by Gasteiger charge is 2.35. The van der Waals surface area contributed by atoms with Gasteiger partial charge in [0.2, 0.25) is 5.91 Å². The lowest BCUT2D eigenvalue weighted by Gasteiger charge is -2.18. The molecule has 13 heteroatoms. The molecule has 7 nitrogen and oxygen atoms in total. The summed E-state index contributed by atoms with van der Waals surface area (Å²) < 4.78 is 40.3. The lowest BCUT2D eigenvalue weighted by molar-refractivity contribution is -0.141. The van der Waals surface area contributed by atoms with Crippen LogP contribution in [0.1, 0.15) is 27.2 Å². The predicted octanol–water partition coefficient (Wildman–Crippen LogP) is 4.90. The molecule has 0 spiro atoms. The molecule has 0 fully saturated rings. The first-order valence-corrected chi connectivity index (χ1v) is 11.9. The summed E-state index contributed by atoms with van der Waals surface area (Å²) in [5, 5.41) is 3.17. The number of fused-ring (bicyclic) bond motifs is 1. The Bertz CT molecular complexity index is 1410. The van der Waals surface area contributed by atoms with Gasteiger partial charge in [-0.05, 0) is 41.5 Å². The molecule has 0 saturated carbocycles. The molecule has 1 aromatic heterocycles. The maximum absolute atomic E-state index is 13.4. The Morgan fingerprint density at radius 3 is 2.39 bits per heavy atom. The monoisotopic (exact) mass is 556 g/mol. The van der Waals surface area contributed by atoms with Crippen molar-refractivity contribution in [2.45, 2.75) is 29.1 Å². The number of halogens is 5. The largest absolute Gasteiger partial charge is 0.431 e. The van der Waals surface area contributed by atoms with Crippen LogP contribution in [0.3, 0.4) is 0 Å². The van der Waals surface area contributed by atoms with Crippen LogP contribution in [0, 0.1) is 0 Å². The van der Waals surface area contributed by atoms with Gasteiger partial charge in [0.1, 0.15) is 11.3 Å². The minimum absolute atomic E-state index is 0.0758. The van der Waals surface area contributed by atoms with Crippen molar-refractivity contribution in [1.29, 1.82) is 0 Å². The highest BCUT2D eigenvalue weighted by molar-refractivity contribution is 7.99. The molecular formula is C23H17Cl2F3N4O3S. The average molecular weight is 557 g/mol. The van der Waals surface area contributed by atoms with Gasteiger partial charge in [0, 0.05) is 28.6 Å². The third-order valence-electron chi connectivity index (χ3n) is 5.33. The molecule has 0 atom stereocenters. The predicted molar refractivity (Wildman–Crippen MR) is 130 cm³/mol. The maximum atomic E-state index is 13.4. The molecule has 2 aromatic carbocycles. The fourth-order valence-corrected chi connectivity index (χ4v) is 5.30. The number of carbonyl (C=O) groups is 2. The Hall–Kier alpha value is -3.15. The van der Waals surface area contributed by atoms with Gasteiger partial charge in [-0.3, -0.25) is 14.4 Å². The second-order valence-electron chi connectivity index (χ2n) is 7.87. The van der Waals surface area contributed by atoms with E-state index in [4.69, 9.17) is 28.9 Å². The number of primary amides is 1.